The lowest BCUT2D eigenvalue weighted by atomic mass is 9.99. The van der Waals surface area contributed by atoms with E-state index in [0.717, 1.165) is 25.6 Å². The molecule has 1 fully saturated rings. The number of sulfone groups is 1. The van der Waals surface area contributed by atoms with Crippen molar-refractivity contribution in [2.45, 2.75) is 17.7 Å². The fourth-order valence-corrected chi connectivity index (χ4v) is 2.74. The molecule has 0 aromatic heterocycles. The van der Waals surface area contributed by atoms with Crippen molar-refractivity contribution in [2.75, 3.05) is 24.7 Å². The number of hydrogen-bond acceptors (Lipinski definition) is 4. The number of carbonyl (C=O) groups excluding carboxylic acids is 1. The highest BCUT2D eigenvalue weighted by molar-refractivity contribution is 7.90. The summed E-state index contributed by atoms with van der Waals surface area (Å²) in [5.74, 6) is -0.0253. The average Bonchev–Trinajstić information content (AvgIpc) is 2.39. The van der Waals surface area contributed by atoms with Crippen molar-refractivity contribution in [3.63, 3.8) is 0 Å². The molecular weight excluding hydrogens is 264 g/mol. The number of carbonyl (C=O) groups is 1. The Morgan fingerprint density at radius 3 is 2.53 bits per heavy atom. The van der Waals surface area contributed by atoms with Gasteiger partial charge < -0.3 is 10.6 Å². The smallest absolute Gasteiger partial charge is 0.228 e. The zero-order valence-corrected chi connectivity index (χ0v) is 11.7. The summed E-state index contributed by atoms with van der Waals surface area (Å²) in [6.07, 6.45) is 3.06. The molecule has 104 valence electrons. The van der Waals surface area contributed by atoms with Gasteiger partial charge in [0.05, 0.1) is 10.8 Å². The molecule has 19 heavy (non-hydrogen) atoms. The minimum atomic E-state index is -3.19. The molecule has 1 aromatic carbocycles. The third-order valence-electron chi connectivity index (χ3n) is 3.22. The standard InChI is InChI=1S/C13H18N2O3S/c1-19(17,18)12-6-4-11(5-7-12)15-13(16)10-3-2-8-14-9-10/h4-7,10,14H,2-3,8-9H2,1H3,(H,15,16). The molecule has 0 bridgehead atoms. The van der Waals surface area contributed by atoms with Crippen LogP contribution < -0.4 is 10.6 Å². The highest BCUT2D eigenvalue weighted by Gasteiger charge is 2.20. The van der Waals surface area contributed by atoms with Crippen LogP contribution in [0.1, 0.15) is 12.8 Å². The van der Waals surface area contributed by atoms with Crippen molar-refractivity contribution in [1.29, 1.82) is 0 Å². The minimum Gasteiger partial charge on any atom is -0.326 e. The molecule has 1 unspecified atom stereocenters. The molecule has 5 nitrogen and oxygen atoms in total. The predicted octanol–water partition coefficient (Wildman–Crippen LogP) is 1.03. The lowest BCUT2D eigenvalue weighted by Crippen LogP contribution is -2.37. The van der Waals surface area contributed by atoms with E-state index in [1.165, 1.54) is 12.1 Å². The Kier molecular flexibility index (Phi) is 4.21. The largest absolute Gasteiger partial charge is 0.326 e. The molecule has 1 aliphatic heterocycles. The second kappa shape index (κ2) is 5.71. The van der Waals surface area contributed by atoms with Gasteiger partial charge in [0.25, 0.3) is 0 Å². The van der Waals surface area contributed by atoms with Gasteiger partial charge in [-0.2, -0.15) is 0 Å². The van der Waals surface area contributed by atoms with Gasteiger partial charge >= 0.3 is 0 Å². The number of amides is 1. The molecule has 2 rings (SSSR count). The van der Waals surface area contributed by atoms with Crippen LogP contribution in [0.25, 0.3) is 0 Å². The monoisotopic (exact) mass is 282 g/mol. The number of nitrogens with one attached hydrogen (secondary N) is 2. The van der Waals surface area contributed by atoms with E-state index in [1.54, 1.807) is 12.1 Å². The Hall–Kier alpha value is -1.40. The molecule has 0 radical (unpaired) electrons. The fourth-order valence-electron chi connectivity index (χ4n) is 2.11. The fraction of sp³-hybridized carbons (Fsp3) is 0.462. The Morgan fingerprint density at radius 1 is 1.32 bits per heavy atom. The zero-order valence-electron chi connectivity index (χ0n) is 10.8. The van der Waals surface area contributed by atoms with E-state index in [9.17, 15) is 13.2 Å². The van der Waals surface area contributed by atoms with Gasteiger partial charge in [-0.1, -0.05) is 0 Å². The molecule has 1 atom stereocenters. The van der Waals surface area contributed by atoms with Crippen LogP contribution in [0.2, 0.25) is 0 Å². The van der Waals surface area contributed by atoms with Crippen LogP contribution in [0.5, 0.6) is 0 Å². The maximum absolute atomic E-state index is 12.0. The van der Waals surface area contributed by atoms with E-state index in [2.05, 4.69) is 10.6 Å². The summed E-state index contributed by atoms with van der Waals surface area (Å²) in [6, 6.07) is 6.24. The van der Waals surface area contributed by atoms with E-state index < -0.39 is 9.84 Å². The number of hydrogen-bond donors (Lipinski definition) is 2. The van der Waals surface area contributed by atoms with Crippen LogP contribution in [0.15, 0.2) is 29.2 Å². The third kappa shape index (κ3) is 3.78. The van der Waals surface area contributed by atoms with Gasteiger partial charge in [-0.15, -0.1) is 0 Å². The number of anilines is 1. The van der Waals surface area contributed by atoms with Gasteiger partial charge in [0.1, 0.15) is 0 Å². The molecule has 1 aliphatic rings. The second-order valence-electron chi connectivity index (χ2n) is 4.83. The van der Waals surface area contributed by atoms with Crippen LogP contribution in [0, 0.1) is 5.92 Å². The van der Waals surface area contributed by atoms with Gasteiger partial charge in [0, 0.05) is 18.5 Å². The summed E-state index contributed by atoms with van der Waals surface area (Å²) in [6.45, 7) is 1.67. The van der Waals surface area contributed by atoms with E-state index in [-0.39, 0.29) is 16.7 Å². The van der Waals surface area contributed by atoms with Gasteiger partial charge in [-0.25, -0.2) is 8.42 Å². The van der Waals surface area contributed by atoms with Crippen LogP contribution >= 0.6 is 0 Å². The third-order valence-corrected chi connectivity index (χ3v) is 4.35. The summed E-state index contributed by atoms with van der Waals surface area (Å²) in [5.41, 5.74) is 0.628. The first kappa shape index (κ1) is 14.0. The normalized spacial score (nSPS) is 19.9. The number of rotatable bonds is 3. The molecule has 6 heteroatoms. The molecule has 0 saturated carbocycles. The van der Waals surface area contributed by atoms with Crippen LogP contribution in [-0.4, -0.2) is 33.7 Å². The average molecular weight is 282 g/mol. The van der Waals surface area contributed by atoms with E-state index >= 15 is 0 Å². The Balaban J connectivity index is 2.01. The molecule has 0 spiro atoms. The lowest BCUT2D eigenvalue weighted by molar-refractivity contribution is -0.120. The molecule has 2 N–H and O–H groups in total. The number of piperidine rings is 1. The second-order valence-corrected chi connectivity index (χ2v) is 6.84. The molecule has 0 aliphatic carbocycles. The summed E-state index contributed by atoms with van der Waals surface area (Å²) in [5, 5.41) is 6.01. The van der Waals surface area contributed by atoms with Crippen molar-refractivity contribution >= 4 is 21.4 Å². The van der Waals surface area contributed by atoms with Crippen molar-refractivity contribution in [1.82, 2.24) is 5.32 Å². The van der Waals surface area contributed by atoms with Gasteiger partial charge in [-0.3, -0.25) is 4.79 Å². The Labute approximate surface area is 113 Å². The molecular formula is C13H18N2O3S. The molecule has 1 amide bonds. The van der Waals surface area contributed by atoms with Crippen molar-refractivity contribution in [2.24, 2.45) is 5.92 Å². The van der Waals surface area contributed by atoms with E-state index in [1.807, 2.05) is 0 Å². The van der Waals surface area contributed by atoms with Crippen LogP contribution in [0.4, 0.5) is 5.69 Å². The quantitative estimate of drug-likeness (QED) is 0.868. The Bertz CT molecular complexity index is 546. The summed E-state index contributed by atoms with van der Waals surface area (Å²) < 4.78 is 22.6. The Morgan fingerprint density at radius 2 is 2.00 bits per heavy atom. The summed E-state index contributed by atoms with van der Waals surface area (Å²) in [7, 11) is -3.19. The molecule has 1 heterocycles. The van der Waals surface area contributed by atoms with Crippen molar-refractivity contribution in [3.8, 4) is 0 Å². The number of benzene rings is 1. The SMILES string of the molecule is CS(=O)(=O)c1ccc(NC(=O)C2CCCNC2)cc1. The first-order chi connectivity index (χ1) is 8.97. The predicted molar refractivity (Wildman–Crippen MR) is 73.8 cm³/mol. The van der Waals surface area contributed by atoms with Crippen LogP contribution in [-0.2, 0) is 14.6 Å². The highest BCUT2D eigenvalue weighted by atomic mass is 32.2. The summed E-state index contributed by atoms with van der Waals surface area (Å²) in [4.78, 5) is 12.2. The van der Waals surface area contributed by atoms with E-state index in [0.29, 0.717) is 12.2 Å². The highest BCUT2D eigenvalue weighted by Crippen LogP contribution is 2.16. The van der Waals surface area contributed by atoms with Crippen molar-refractivity contribution in [3.05, 3.63) is 24.3 Å². The minimum absolute atomic E-state index is 0.0108. The topological polar surface area (TPSA) is 75.3 Å². The maximum Gasteiger partial charge on any atom is 0.228 e. The van der Waals surface area contributed by atoms with Crippen molar-refractivity contribution < 1.29 is 13.2 Å². The zero-order chi connectivity index (χ0) is 13.9. The first-order valence-corrected chi connectivity index (χ1v) is 8.17. The molecule has 1 aromatic rings. The van der Waals surface area contributed by atoms with E-state index in [4.69, 9.17) is 0 Å². The summed E-state index contributed by atoms with van der Waals surface area (Å²) >= 11 is 0. The lowest BCUT2D eigenvalue weighted by Gasteiger charge is -2.21. The molecule has 1 saturated heterocycles. The van der Waals surface area contributed by atoms with Gasteiger partial charge in [0.2, 0.25) is 5.91 Å². The van der Waals surface area contributed by atoms with Gasteiger partial charge in [-0.05, 0) is 43.7 Å². The maximum atomic E-state index is 12.0. The van der Waals surface area contributed by atoms with Crippen LogP contribution in [0.3, 0.4) is 0 Å². The van der Waals surface area contributed by atoms with Gasteiger partial charge in [0.15, 0.2) is 9.84 Å². The first-order valence-electron chi connectivity index (χ1n) is 6.28.